The quantitative estimate of drug-likeness (QED) is 0.657. The summed E-state index contributed by atoms with van der Waals surface area (Å²) >= 11 is 0. The Morgan fingerprint density at radius 1 is 1.09 bits per heavy atom. The van der Waals surface area contributed by atoms with Crippen LogP contribution in [0.25, 0.3) is 0 Å². The monoisotopic (exact) mass is 460 g/mol. The molecule has 0 unspecified atom stereocenters. The van der Waals surface area contributed by atoms with Crippen molar-refractivity contribution in [3.63, 3.8) is 0 Å². The molecule has 2 saturated heterocycles. The molecule has 8 heteroatoms. The third-order valence-corrected chi connectivity index (χ3v) is 6.74. The molecule has 0 aliphatic carbocycles. The van der Waals surface area contributed by atoms with E-state index < -0.39 is 28.9 Å². The van der Waals surface area contributed by atoms with Crippen molar-refractivity contribution >= 4 is 11.7 Å². The molecule has 4 rings (SSSR count). The Kier molecular flexibility index (Phi) is 6.09. The number of hydrogen-bond donors (Lipinski definition) is 2. The van der Waals surface area contributed by atoms with Crippen LogP contribution in [-0.4, -0.2) is 30.4 Å². The standard InChI is InChI=1S/C25H27F3N2O3/c1-16-10-18(12-20(11-16)25(26,27)28)17(2)33-15-24(19-6-4-3-5-7-19)9-8-23(14-29-24)21(31)13-22(32)30-23/h3-7,10-12,17,29H,8-9,13-15H2,1-2H3,(H,30,32)/t17-,23-,24-/m1/s1. The van der Waals surface area contributed by atoms with Gasteiger partial charge in [-0.05, 0) is 49.9 Å². The molecule has 1 spiro atoms. The highest BCUT2D eigenvalue weighted by Gasteiger charge is 2.51. The average Bonchev–Trinajstić information content (AvgIpc) is 3.05. The number of carbonyl (C=O) groups excluding carboxylic acids is 2. The number of halogens is 3. The molecule has 0 radical (unpaired) electrons. The predicted molar refractivity (Wildman–Crippen MR) is 116 cm³/mol. The van der Waals surface area contributed by atoms with Crippen molar-refractivity contribution in [2.75, 3.05) is 13.2 Å². The second-order valence-corrected chi connectivity index (χ2v) is 9.12. The van der Waals surface area contributed by atoms with Crippen LogP contribution in [0.4, 0.5) is 13.2 Å². The number of nitrogens with one attached hydrogen (secondary N) is 2. The van der Waals surface area contributed by atoms with E-state index in [4.69, 9.17) is 4.74 Å². The van der Waals surface area contributed by atoms with Crippen LogP contribution in [0.2, 0.25) is 0 Å². The largest absolute Gasteiger partial charge is 0.416 e. The lowest BCUT2D eigenvalue weighted by atomic mass is 9.75. The van der Waals surface area contributed by atoms with Crippen LogP contribution in [0.1, 0.15) is 54.5 Å². The summed E-state index contributed by atoms with van der Waals surface area (Å²) in [6.07, 6.45) is -4.12. The van der Waals surface area contributed by atoms with E-state index in [0.29, 0.717) is 24.0 Å². The van der Waals surface area contributed by atoms with E-state index >= 15 is 0 Å². The van der Waals surface area contributed by atoms with Crippen molar-refractivity contribution in [1.82, 2.24) is 10.6 Å². The predicted octanol–water partition coefficient (Wildman–Crippen LogP) is 4.20. The van der Waals surface area contributed by atoms with Crippen LogP contribution in [0.3, 0.4) is 0 Å². The number of benzene rings is 2. The van der Waals surface area contributed by atoms with Crippen LogP contribution in [-0.2, 0) is 26.0 Å². The SMILES string of the molecule is Cc1cc([C@@H](C)OC[C@@]2(c3ccccc3)CC[C@]3(CN2)NC(=O)CC3=O)cc(C(F)(F)F)c1. The summed E-state index contributed by atoms with van der Waals surface area (Å²) < 4.78 is 45.9. The zero-order chi connectivity index (χ0) is 23.9. The van der Waals surface area contributed by atoms with E-state index in [1.807, 2.05) is 30.3 Å². The van der Waals surface area contributed by atoms with Crippen molar-refractivity contribution in [1.29, 1.82) is 0 Å². The summed E-state index contributed by atoms with van der Waals surface area (Å²) in [6, 6.07) is 13.6. The van der Waals surface area contributed by atoms with Gasteiger partial charge in [0.2, 0.25) is 5.91 Å². The van der Waals surface area contributed by atoms with Gasteiger partial charge in [-0.2, -0.15) is 13.2 Å². The number of carbonyl (C=O) groups is 2. The van der Waals surface area contributed by atoms with Gasteiger partial charge in [-0.25, -0.2) is 0 Å². The van der Waals surface area contributed by atoms with Gasteiger partial charge in [-0.1, -0.05) is 42.0 Å². The van der Waals surface area contributed by atoms with Gasteiger partial charge in [0.05, 0.1) is 30.2 Å². The number of ketones is 1. The molecular formula is C25H27F3N2O3. The third-order valence-electron chi connectivity index (χ3n) is 6.74. The normalized spacial score (nSPS) is 26.5. The topological polar surface area (TPSA) is 67.4 Å². The summed E-state index contributed by atoms with van der Waals surface area (Å²) in [6.45, 7) is 3.84. The molecule has 176 valence electrons. The van der Waals surface area contributed by atoms with E-state index in [2.05, 4.69) is 10.6 Å². The van der Waals surface area contributed by atoms with Gasteiger partial charge in [0.25, 0.3) is 0 Å². The maximum atomic E-state index is 13.3. The van der Waals surface area contributed by atoms with Crippen LogP contribution in [0.5, 0.6) is 0 Å². The molecule has 5 nitrogen and oxygen atoms in total. The first kappa shape index (κ1) is 23.4. The maximum absolute atomic E-state index is 13.3. The molecular weight excluding hydrogens is 433 g/mol. The lowest BCUT2D eigenvalue weighted by molar-refractivity contribution is -0.137. The minimum absolute atomic E-state index is 0.109. The highest BCUT2D eigenvalue weighted by molar-refractivity contribution is 6.10. The minimum atomic E-state index is -4.43. The molecule has 2 aromatic rings. The lowest BCUT2D eigenvalue weighted by Gasteiger charge is -2.45. The zero-order valence-electron chi connectivity index (χ0n) is 18.6. The fraction of sp³-hybridized carbons (Fsp3) is 0.440. The number of rotatable bonds is 5. The third kappa shape index (κ3) is 4.68. The van der Waals surface area contributed by atoms with E-state index in [1.54, 1.807) is 19.9 Å². The van der Waals surface area contributed by atoms with Crippen molar-refractivity contribution in [3.8, 4) is 0 Å². The van der Waals surface area contributed by atoms with E-state index in [0.717, 1.165) is 17.7 Å². The highest BCUT2D eigenvalue weighted by atomic mass is 19.4. The smallest absolute Gasteiger partial charge is 0.372 e. The number of aryl methyl sites for hydroxylation is 1. The summed E-state index contributed by atoms with van der Waals surface area (Å²) in [5.74, 6) is -0.380. The first-order chi connectivity index (χ1) is 15.5. The average molecular weight is 460 g/mol. The van der Waals surface area contributed by atoms with Gasteiger partial charge in [-0.3, -0.25) is 9.59 Å². The first-order valence-corrected chi connectivity index (χ1v) is 11.0. The van der Waals surface area contributed by atoms with E-state index in [9.17, 15) is 22.8 Å². The van der Waals surface area contributed by atoms with Gasteiger partial charge in [0.15, 0.2) is 5.78 Å². The van der Waals surface area contributed by atoms with E-state index in [1.165, 1.54) is 0 Å². The molecule has 2 aliphatic rings. The maximum Gasteiger partial charge on any atom is 0.416 e. The molecule has 1 amide bonds. The molecule has 2 aromatic carbocycles. The number of ether oxygens (including phenoxy) is 1. The Bertz CT molecular complexity index is 1040. The van der Waals surface area contributed by atoms with Gasteiger partial charge in [0.1, 0.15) is 5.54 Å². The molecule has 3 atom stereocenters. The number of Topliss-reactive ketones (excluding diaryl/α,β-unsaturated/α-hetero) is 1. The number of hydrogen-bond acceptors (Lipinski definition) is 4. The van der Waals surface area contributed by atoms with Crippen molar-refractivity contribution in [2.24, 2.45) is 0 Å². The fourth-order valence-electron chi connectivity index (χ4n) is 4.75. The minimum Gasteiger partial charge on any atom is -0.372 e. The number of piperidine rings is 1. The summed E-state index contributed by atoms with van der Waals surface area (Å²) in [5.41, 5.74) is -0.301. The number of alkyl halides is 3. The van der Waals surface area contributed by atoms with Crippen molar-refractivity contribution in [3.05, 3.63) is 70.8 Å². The zero-order valence-corrected chi connectivity index (χ0v) is 18.6. The van der Waals surface area contributed by atoms with Gasteiger partial charge in [-0.15, -0.1) is 0 Å². The summed E-state index contributed by atoms with van der Waals surface area (Å²) in [5, 5.41) is 6.27. The highest BCUT2D eigenvalue weighted by Crippen LogP contribution is 2.38. The Morgan fingerprint density at radius 2 is 1.82 bits per heavy atom. The molecule has 2 fully saturated rings. The summed E-state index contributed by atoms with van der Waals surface area (Å²) in [7, 11) is 0. The molecule has 0 aromatic heterocycles. The van der Waals surface area contributed by atoms with Gasteiger partial charge < -0.3 is 15.4 Å². The molecule has 0 bridgehead atoms. The summed E-state index contributed by atoms with van der Waals surface area (Å²) in [4.78, 5) is 24.2. The van der Waals surface area contributed by atoms with Crippen LogP contribution >= 0.6 is 0 Å². The fourth-order valence-corrected chi connectivity index (χ4v) is 4.75. The molecule has 0 saturated carbocycles. The van der Waals surface area contributed by atoms with Gasteiger partial charge >= 0.3 is 6.18 Å². The van der Waals surface area contributed by atoms with Crippen molar-refractivity contribution < 1.29 is 27.5 Å². The van der Waals surface area contributed by atoms with E-state index in [-0.39, 0.29) is 31.3 Å². The molecule has 2 heterocycles. The molecule has 2 aliphatic heterocycles. The Labute approximate surface area is 190 Å². The second-order valence-electron chi connectivity index (χ2n) is 9.12. The Hall–Kier alpha value is -2.71. The van der Waals surface area contributed by atoms with Crippen molar-refractivity contribution in [2.45, 2.75) is 56.5 Å². The van der Waals surface area contributed by atoms with Crippen LogP contribution < -0.4 is 10.6 Å². The Morgan fingerprint density at radius 3 is 2.39 bits per heavy atom. The Balaban J connectivity index is 1.55. The second kappa shape index (κ2) is 8.57. The molecule has 33 heavy (non-hydrogen) atoms. The van der Waals surface area contributed by atoms with Crippen LogP contribution in [0, 0.1) is 6.92 Å². The lowest BCUT2D eigenvalue weighted by Crippen LogP contribution is -2.64. The first-order valence-electron chi connectivity index (χ1n) is 11.0. The molecule has 2 N–H and O–H groups in total. The van der Waals surface area contributed by atoms with Crippen LogP contribution in [0.15, 0.2) is 48.5 Å². The number of amides is 1. The van der Waals surface area contributed by atoms with Gasteiger partial charge in [0, 0.05) is 6.54 Å².